The Hall–Kier alpha value is -1.62. The molecule has 2 rings (SSSR count). The summed E-state index contributed by atoms with van der Waals surface area (Å²) in [6.07, 6.45) is 0. The summed E-state index contributed by atoms with van der Waals surface area (Å²) >= 11 is 0. The van der Waals surface area contributed by atoms with Crippen molar-refractivity contribution in [2.45, 2.75) is 5.92 Å². The number of aliphatic hydroxyl groups excluding tert-OH is 1. The highest BCUT2D eigenvalue weighted by Gasteiger charge is 2.27. The molecule has 2 amide bonds. The van der Waals surface area contributed by atoms with Crippen molar-refractivity contribution in [3.05, 3.63) is 35.6 Å². The molecule has 1 aromatic rings. The lowest BCUT2D eigenvalue weighted by atomic mass is 9.96. The summed E-state index contributed by atoms with van der Waals surface area (Å²) in [5.74, 6) is -0.321. The van der Waals surface area contributed by atoms with Gasteiger partial charge in [0.2, 0.25) is 0 Å². The average Bonchev–Trinajstić information content (AvgIpc) is 2.33. The number of carbonyl (C=O) groups is 1. The number of amides is 2. The van der Waals surface area contributed by atoms with Crippen LogP contribution in [0, 0.1) is 5.82 Å². The average molecular weight is 238 g/mol. The Labute approximate surface area is 99.0 Å². The third-order valence-electron chi connectivity index (χ3n) is 2.94. The maximum absolute atomic E-state index is 13.6. The van der Waals surface area contributed by atoms with Gasteiger partial charge in [-0.15, -0.1) is 0 Å². The molecule has 92 valence electrons. The molecule has 5 heteroatoms. The molecule has 1 heterocycles. The Balaban J connectivity index is 2.13. The van der Waals surface area contributed by atoms with Crippen molar-refractivity contribution in [2.24, 2.45) is 0 Å². The number of β-amino-alcohol motifs (C(OH)–C–C–N with tert-alkyl or cyclic N) is 1. The lowest BCUT2D eigenvalue weighted by Gasteiger charge is -2.33. The zero-order valence-electron chi connectivity index (χ0n) is 9.40. The van der Waals surface area contributed by atoms with Gasteiger partial charge in [0.1, 0.15) is 5.82 Å². The number of hydrogen-bond acceptors (Lipinski definition) is 2. The number of hydrogen-bond donors (Lipinski definition) is 2. The van der Waals surface area contributed by atoms with Crippen molar-refractivity contribution >= 4 is 6.03 Å². The van der Waals surface area contributed by atoms with Crippen LogP contribution in [0.5, 0.6) is 0 Å². The van der Waals surface area contributed by atoms with E-state index in [4.69, 9.17) is 5.11 Å². The van der Waals surface area contributed by atoms with Gasteiger partial charge in [-0.1, -0.05) is 18.2 Å². The molecule has 0 bridgehead atoms. The van der Waals surface area contributed by atoms with E-state index in [0.717, 1.165) is 0 Å². The van der Waals surface area contributed by atoms with Gasteiger partial charge in [-0.25, -0.2) is 9.18 Å². The molecular formula is C12H15FN2O2. The molecule has 17 heavy (non-hydrogen) atoms. The SMILES string of the molecule is O=C1NCC(c2ccccc2F)CN1CCO. The minimum Gasteiger partial charge on any atom is -0.395 e. The summed E-state index contributed by atoms with van der Waals surface area (Å²) in [5, 5.41) is 11.6. The number of nitrogens with zero attached hydrogens (tertiary/aromatic N) is 1. The molecule has 1 aliphatic heterocycles. The van der Waals surface area contributed by atoms with Gasteiger partial charge in [-0.05, 0) is 11.6 Å². The van der Waals surface area contributed by atoms with Gasteiger partial charge in [0.15, 0.2) is 0 Å². The summed E-state index contributed by atoms with van der Waals surface area (Å²) in [7, 11) is 0. The molecule has 1 saturated heterocycles. The van der Waals surface area contributed by atoms with E-state index < -0.39 is 0 Å². The van der Waals surface area contributed by atoms with Crippen LogP contribution in [0.2, 0.25) is 0 Å². The van der Waals surface area contributed by atoms with Crippen molar-refractivity contribution in [3.63, 3.8) is 0 Å². The normalized spacial score (nSPS) is 20.2. The van der Waals surface area contributed by atoms with E-state index in [1.54, 1.807) is 18.2 Å². The van der Waals surface area contributed by atoms with E-state index in [9.17, 15) is 9.18 Å². The summed E-state index contributed by atoms with van der Waals surface area (Å²) in [4.78, 5) is 13.0. The van der Waals surface area contributed by atoms with Crippen LogP contribution < -0.4 is 5.32 Å². The van der Waals surface area contributed by atoms with Crippen LogP contribution in [-0.4, -0.2) is 42.3 Å². The first-order valence-electron chi connectivity index (χ1n) is 5.60. The first-order valence-corrected chi connectivity index (χ1v) is 5.60. The Bertz CT molecular complexity index is 411. The second-order valence-electron chi connectivity index (χ2n) is 4.07. The number of carbonyl (C=O) groups excluding carboxylic acids is 1. The molecule has 2 N–H and O–H groups in total. The molecule has 1 aromatic carbocycles. The van der Waals surface area contributed by atoms with Gasteiger partial charge in [0.25, 0.3) is 0 Å². The molecule has 1 unspecified atom stereocenters. The van der Waals surface area contributed by atoms with Crippen molar-refractivity contribution in [2.75, 3.05) is 26.2 Å². The van der Waals surface area contributed by atoms with Crippen LogP contribution in [0.15, 0.2) is 24.3 Å². The number of urea groups is 1. The van der Waals surface area contributed by atoms with Gasteiger partial charge in [-0.3, -0.25) is 0 Å². The van der Waals surface area contributed by atoms with Crippen molar-refractivity contribution in [1.29, 1.82) is 0 Å². The maximum atomic E-state index is 13.6. The first-order chi connectivity index (χ1) is 8.22. The highest BCUT2D eigenvalue weighted by molar-refractivity contribution is 5.75. The van der Waals surface area contributed by atoms with Crippen LogP contribution in [0.25, 0.3) is 0 Å². The highest BCUT2D eigenvalue weighted by atomic mass is 19.1. The summed E-state index contributed by atoms with van der Waals surface area (Å²) in [5.41, 5.74) is 0.607. The van der Waals surface area contributed by atoms with E-state index in [2.05, 4.69) is 5.32 Å². The van der Waals surface area contributed by atoms with Gasteiger partial charge in [0.05, 0.1) is 6.61 Å². The minimum absolute atomic E-state index is 0.0690. The van der Waals surface area contributed by atoms with E-state index >= 15 is 0 Å². The molecule has 0 aliphatic carbocycles. The lowest BCUT2D eigenvalue weighted by molar-refractivity contribution is 0.159. The number of halogens is 1. The molecular weight excluding hydrogens is 223 g/mol. The molecule has 4 nitrogen and oxygen atoms in total. The first kappa shape index (κ1) is 11.9. The molecule has 0 aromatic heterocycles. The van der Waals surface area contributed by atoms with Crippen molar-refractivity contribution in [1.82, 2.24) is 10.2 Å². The van der Waals surface area contributed by atoms with Gasteiger partial charge in [0, 0.05) is 25.6 Å². The molecule has 1 atom stereocenters. The molecule has 0 saturated carbocycles. The fraction of sp³-hybridized carbons (Fsp3) is 0.417. The van der Waals surface area contributed by atoms with Crippen LogP contribution in [0.4, 0.5) is 9.18 Å². The van der Waals surface area contributed by atoms with E-state index in [-0.39, 0.29) is 30.9 Å². The molecule has 1 fully saturated rings. The van der Waals surface area contributed by atoms with Gasteiger partial charge < -0.3 is 15.3 Å². The third kappa shape index (κ3) is 2.55. The summed E-state index contributed by atoms with van der Waals surface area (Å²) in [6, 6.07) is 6.37. The highest BCUT2D eigenvalue weighted by Crippen LogP contribution is 2.22. The molecule has 1 aliphatic rings. The molecule has 0 spiro atoms. The topological polar surface area (TPSA) is 52.6 Å². The number of benzene rings is 1. The van der Waals surface area contributed by atoms with Gasteiger partial charge >= 0.3 is 6.03 Å². The van der Waals surface area contributed by atoms with Crippen LogP contribution in [0.1, 0.15) is 11.5 Å². The molecule has 0 radical (unpaired) electrons. The Morgan fingerprint density at radius 1 is 1.47 bits per heavy atom. The smallest absolute Gasteiger partial charge is 0.317 e. The number of aliphatic hydroxyl groups is 1. The van der Waals surface area contributed by atoms with E-state index in [0.29, 0.717) is 18.7 Å². The second kappa shape index (κ2) is 5.14. The largest absolute Gasteiger partial charge is 0.395 e. The Morgan fingerprint density at radius 2 is 2.24 bits per heavy atom. The van der Waals surface area contributed by atoms with E-state index in [1.807, 2.05) is 0 Å². The quantitative estimate of drug-likeness (QED) is 0.823. The van der Waals surface area contributed by atoms with Crippen LogP contribution in [0.3, 0.4) is 0 Å². The van der Waals surface area contributed by atoms with Crippen molar-refractivity contribution in [3.8, 4) is 0 Å². The standard InChI is InChI=1S/C12H15FN2O2/c13-11-4-2-1-3-10(11)9-7-14-12(17)15(8-9)5-6-16/h1-4,9,16H,5-8H2,(H,14,17). The summed E-state index contributed by atoms with van der Waals surface area (Å²) in [6.45, 7) is 1.06. The zero-order chi connectivity index (χ0) is 12.3. The second-order valence-corrected chi connectivity index (χ2v) is 4.07. The number of nitrogens with one attached hydrogen (secondary N) is 1. The fourth-order valence-electron chi connectivity index (χ4n) is 2.06. The predicted molar refractivity (Wildman–Crippen MR) is 61.2 cm³/mol. The van der Waals surface area contributed by atoms with E-state index in [1.165, 1.54) is 11.0 Å². The Morgan fingerprint density at radius 3 is 2.94 bits per heavy atom. The van der Waals surface area contributed by atoms with Crippen molar-refractivity contribution < 1.29 is 14.3 Å². The lowest BCUT2D eigenvalue weighted by Crippen LogP contribution is -2.51. The number of rotatable bonds is 3. The monoisotopic (exact) mass is 238 g/mol. The van der Waals surface area contributed by atoms with Crippen LogP contribution in [-0.2, 0) is 0 Å². The maximum Gasteiger partial charge on any atom is 0.317 e. The third-order valence-corrected chi connectivity index (χ3v) is 2.94. The van der Waals surface area contributed by atoms with Gasteiger partial charge in [-0.2, -0.15) is 0 Å². The summed E-state index contributed by atoms with van der Waals surface area (Å²) < 4.78 is 13.6. The minimum atomic E-state index is -0.252. The Kier molecular flexibility index (Phi) is 3.58. The van der Waals surface area contributed by atoms with Crippen LogP contribution >= 0.6 is 0 Å². The fourth-order valence-corrected chi connectivity index (χ4v) is 2.06. The predicted octanol–water partition coefficient (Wildman–Crippen LogP) is 0.927. The zero-order valence-corrected chi connectivity index (χ0v) is 9.40.